The van der Waals surface area contributed by atoms with E-state index in [-0.39, 0.29) is 35.3 Å². The van der Waals surface area contributed by atoms with Crippen molar-refractivity contribution in [2.24, 2.45) is 0 Å². The van der Waals surface area contributed by atoms with E-state index in [0.29, 0.717) is 24.5 Å². The van der Waals surface area contributed by atoms with Gasteiger partial charge in [0.05, 0.1) is 17.6 Å². The van der Waals surface area contributed by atoms with Gasteiger partial charge in [-0.25, -0.2) is 8.42 Å². The summed E-state index contributed by atoms with van der Waals surface area (Å²) in [4.78, 5) is 4.45. The molecule has 1 aliphatic rings. The summed E-state index contributed by atoms with van der Waals surface area (Å²) in [6, 6.07) is 10.9. The maximum absolute atomic E-state index is 12.9. The average Bonchev–Trinajstić information content (AvgIpc) is 3.29. The second-order valence-corrected chi connectivity index (χ2v) is 9.33. The van der Waals surface area contributed by atoms with Gasteiger partial charge in [-0.15, -0.1) is 0 Å². The van der Waals surface area contributed by atoms with Gasteiger partial charge in [0, 0.05) is 24.6 Å². The van der Waals surface area contributed by atoms with Crippen molar-refractivity contribution in [2.75, 3.05) is 20.2 Å². The van der Waals surface area contributed by atoms with Crippen molar-refractivity contribution in [3.05, 3.63) is 60.0 Å². The van der Waals surface area contributed by atoms with Gasteiger partial charge in [-0.1, -0.05) is 17.3 Å². The lowest BCUT2D eigenvalue weighted by molar-refractivity contribution is -0.137. The van der Waals surface area contributed by atoms with Crippen LogP contribution < -0.4 is 4.74 Å². The molecule has 1 fully saturated rings. The molecule has 0 radical (unpaired) electrons. The maximum atomic E-state index is 12.9. The van der Waals surface area contributed by atoms with E-state index in [2.05, 4.69) is 10.1 Å². The van der Waals surface area contributed by atoms with Gasteiger partial charge in [0.15, 0.2) is 0 Å². The van der Waals surface area contributed by atoms with E-state index in [1.54, 1.807) is 12.1 Å². The Morgan fingerprint density at radius 1 is 1.09 bits per heavy atom. The molecule has 1 aliphatic heterocycles. The van der Waals surface area contributed by atoms with Crippen LogP contribution in [0.3, 0.4) is 0 Å². The van der Waals surface area contributed by atoms with Gasteiger partial charge < -0.3 is 9.26 Å². The Morgan fingerprint density at radius 2 is 1.78 bits per heavy atom. The first-order valence-electron chi connectivity index (χ1n) is 9.84. The largest absolute Gasteiger partial charge is 0.497 e. The summed E-state index contributed by atoms with van der Waals surface area (Å²) >= 11 is 0. The molecule has 170 valence electrons. The van der Waals surface area contributed by atoms with Crippen molar-refractivity contribution in [1.82, 2.24) is 14.4 Å². The fourth-order valence-corrected chi connectivity index (χ4v) is 5.06. The van der Waals surface area contributed by atoms with E-state index in [1.807, 2.05) is 0 Å². The Labute approximate surface area is 182 Å². The Balaban J connectivity index is 1.45. The van der Waals surface area contributed by atoms with Crippen LogP contribution >= 0.6 is 0 Å². The predicted molar refractivity (Wildman–Crippen MR) is 108 cm³/mol. The minimum atomic E-state index is -4.47. The first-order valence-corrected chi connectivity index (χ1v) is 11.3. The van der Waals surface area contributed by atoms with E-state index < -0.39 is 21.8 Å². The zero-order chi connectivity index (χ0) is 22.9. The number of benzene rings is 2. The Bertz CT molecular complexity index is 1190. The van der Waals surface area contributed by atoms with E-state index >= 15 is 0 Å². The Morgan fingerprint density at radius 3 is 2.41 bits per heavy atom. The highest BCUT2D eigenvalue weighted by Gasteiger charge is 2.33. The highest BCUT2D eigenvalue weighted by Crippen LogP contribution is 2.34. The predicted octanol–water partition coefficient (Wildman–Crippen LogP) is 4.33. The summed E-state index contributed by atoms with van der Waals surface area (Å²) in [6.45, 7) is 0.528. The number of methoxy groups -OCH3 is 1. The normalized spacial score (nSPS) is 16.2. The summed E-state index contributed by atoms with van der Waals surface area (Å²) in [6.07, 6.45) is -3.55. The first kappa shape index (κ1) is 22.3. The first-order chi connectivity index (χ1) is 15.2. The summed E-state index contributed by atoms with van der Waals surface area (Å²) < 4.78 is 76.3. The number of rotatable bonds is 5. The van der Waals surface area contributed by atoms with Crippen LogP contribution in [0.15, 0.2) is 57.9 Å². The highest BCUT2D eigenvalue weighted by atomic mass is 32.2. The monoisotopic (exact) mass is 467 g/mol. The van der Waals surface area contributed by atoms with Gasteiger partial charge in [-0.2, -0.15) is 22.5 Å². The smallest absolute Gasteiger partial charge is 0.416 e. The lowest BCUT2D eigenvalue weighted by Gasteiger charge is -2.29. The third kappa shape index (κ3) is 4.49. The molecule has 1 aromatic heterocycles. The van der Waals surface area contributed by atoms with E-state index in [1.165, 1.54) is 35.7 Å². The van der Waals surface area contributed by atoms with Crippen LogP contribution in [0.2, 0.25) is 0 Å². The molecule has 2 aromatic carbocycles. The van der Waals surface area contributed by atoms with Crippen LogP contribution in [-0.2, 0) is 16.2 Å². The van der Waals surface area contributed by atoms with Crippen molar-refractivity contribution in [3.63, 3.8) is 0 Å². The van der Waals surface area contributed by atoms with Gasteiger partial charge in [-0.3, -0.25) is 0 Å². The minimum Gasteiger partial charge on any atom is -0.497 e. The molecule has 32 heavy (non-hydrogen) atoms. The van der Waals surface area contributed by atoms with Crippen molar-refractivity contribution in [2.45, 2.75) is 29.8 Å². The molecule has 4 rings (SSSR count). The van der Waals surface area contributed by atoms with Crippen molar-refractivity contribution < 1.29 is 30.8 Å². The number of hydrogen-bond donors (Lipinski definition) is 0. The molecule has 0 amide bonds. The second kappa shape index (κ2) is 8.55. The quantitative estimate of drug-likeness (QED) is 0.555. The van der Waals surface area contributed by atoms with Crippen molar-refractivity contribution >= 4 is 10.0 Å². The third-order valence-corrected chi connectivity index (χ3v) is 7.30. The molecular weight excluding hydrogens is 447 g/mol. The fraction of sp³-hybridized carbons (Fsp3) is 0.333. The topological polar surface area (TPSA) is 85.5 Å². The molecule has 11 heteroatoms. The molecule has 1 saturated heterocycles. The lowest BCUT2D eigenvalue weighted by Crippen LogP contribution is -2.37. The molecule has 3 aromatic rings. The maximum Gasteiger partial charge on any atom is 0.416 e. The molecule has 2 heterocycles. The average molecular weight is 467 g/mol. The Kier molecular flexibility index (Phi) is 5.95. The van der Waals surface area contributed by atoms with Crippen LogP contribution in [0, 0.1) is 0 Å². The number of halogens is 3. The van der Waals surface area contributed by atoms with Crippen LogP contribution in [0.25, 0.3) is 11.4 Å². The van der Waals surface area contributed by atoms with Gasteiger partial charge >= 0.3 is 6.18 Å². The SMILES string of the molecule is COc1ccc(S(=O)(=O)N2CCC(c3nc(-c4cccc(C(F)(F)F)c4)no3)CC2)cc1. The second-order valence-electron chi connectivity index (χ2n) is 7.39. The summed E-state index contributed by atoms with van der Waals surface area (Å²) in [5, 5.41) is 3.82. The Hall–Kier alpha value is -2.92. The van der Waals surface area contributed by atoms with E-state index in [4.69, 9.17) is 9.26 Å². The molecule has 0 unspecified atom stereocenters. The van der Waals surface area contributed by atoms with Gasteiger partial charge in [-0.05, 0) is 49.2 Å². The standard InChI is InChI=1S/C21H20F3N3O4S/c1-30-17-5-7-18(8-6-17)32(28,29)27-11-9-14(10-12-27)20-25-19(26-31-20)15-3-2-4-16(13-15)21(22,23)24/h2-8,13-14H,9-12H2,1H3. The molecule has 0 aliphatic carbocycles. The summed E-state index contributed by atoms with van der Waals surface area (Å²) in [5.41, 5.74) is -0.590. The zero-order valence-corrected chi connectivity index (χ0v) is 17.9. The number of sulfonamides is 1. The number of aromatic nitrogens is 2. The molecule has 0 N–H and O–H groups in total. The van der Waals surface area contributed by atoms with Gasteiger partial charge in [0.2, 0.25) is 21.7 Å². The van der Waals surface area contributed by atoms with Crippen LogP contribution in [-0.4, -0.2) is 43.1 Å². The molecule has 0 atom stereocenters. The van der Waals surface area contributed by atoms with Crippen LogP contribution in [0.5, 0.6) is 5.75 Å². The number of hydrogen-bond acceptors (Lipinski definition) is 6. The number of nitrogens with zero attached hydrogens (tertiary/aromatic N) is 3. The van der Waals surface area contributed by atoms with E-state index in [9.17, 15) is 21.6 Å². The zero-order valence-electron chi connectivity index (χ0n) is 17.0. The van der Waals surface area contributed by atoms with Crippen molar-refractivity contribution in [3.8, 4) is 17.1 Å². The lowest BCUT2D eigenvalue weighted by atomic mass is 9.98. The van der Waals surface area contributed by atoms with Crippen LogP contribution in [0.1, 0.15) is 30.2 Å². The molecule has 7 nitrogen and oxygen atoms in total. The number of ether oxygens (including phenoxy) is 1. The highest BCUT2D eigenvalue weighted by molar-refractivity contribution is 7.89. The minimum absolute atomic E-state index is 0.0689. The third-order valence-electron chi connectivity index (χ3n) is 5.39. The summed E-state index contributed by atoms with van der Waals surface area (Å²) in [7, 11) is -2.14. The van der Waals surface area contributed by atoms with Gasteiger partial charge in [0.1, 0.15) is 5.75 Å². The van der Waals surface area contributed by atoms with E-state index in [0.717, 1.165) is 12.1 Å². The molecule has 0 spiro atoms. The fourth-order valence-electron chi connectivity index (χ4n) is 3.59. The van der Waals surface area contributed by atoms with Crippen molar-refractivity contribution in [1.29, 1.82) is 0 Å². The molecular formula is C21H20F3N3O4S. The van der Waals surface area contributed by atoms with Crippen LogP contribution in [0.4, 0.5) is 13.2 Å². The number of piperidine rings is 1. The molecule has 0 bridgehead atoms. The number of alkyl halides is 3. The summed E-state index contributed by atoms with van der Waals surface area (Å²) in [5.74, 6) is 0.748. The van der Waals surface area contributed by atoms with Gasteiger partial charge in [0.25, 0.3) is 0 Å². The molecule has 0 saturated carbocycles.